The third-order valence-corrected chi connectivity index (χ3v) is 3.79. The number of para-hydroxylation sites is 1. The van der Waals surface area contributed by atoms with Gasteiger partial charge in [-0.1, -0.05) is 18.2 Å². The number of aliphatic hydroxyl groups is 1. The zero-order chi connectivity index (χ0) is 17.0. The van der Waals surface area contributed by atoms with Gasteiger partial charge < -0.3 is 26.2 Å². The first-order valence-corrected chi connectivity index (χ1v) is 7.41. The van der Waals surface area contributed by atoms with E-state index in [1.165, 1.54) is 0 Å². The van der Waals surface area contributed by atoms with Crippen molar-refractivity contribution < 1.29 is 19.8 Å². The number of carboxylic acid groups (broad SMARTS) is 1. The molecule has 0 aliphatic heterocycles. The van der Waals surface area contributed by atoms with Crippen molar-refractivity contribution in [2.45, 2.75) is 31.4 Å². The monoisotopic (exact) mass is 319 g/mol. The highest BCUT2D eigenvalue weighted by Gasteiger charge is 2.39. The number of carboxylic acids is 1. The number of carbonyl (C=O) groups is 2. The zero-order valence-corrected chi connectivity index (χ0v) is 12.9. The predicted octanol–water partition coefficient (Wildman–Crippen LogP) is 0.380. The number of nitrogens with two attached hydrogens (primary N) is 1. The van der Waals surface area contributed by atoms with Crippen LogP contribution in [0.5, 0.6) is 0 Å². The summed E-state index contributed by atoms with van der Waals surface area (Å²) in [4.78, 5) is 26.3. The topological polar surface area (TPSA) is 128 Å². The molecule has 2 atom stereocenters. The molecule has 7 heteroatoms. The summed E-state index contributed by atoms with van der Waals surface area (Å²) in [6, 6.07) is 6.16. The van der Waals surface area contributed by atoms with Crippen LogP contribution < -0.4 is 11.1 Å². The van der Waals surface area contributed by atoms with Crippen molar-refractivity contribution in [3.63, 3.8) is 0 Å². The average Bonchev–Trinajstić information content (AvgIpc) is 2.90. The van der Waals surface area contributed by atoms with E-state index in [1.54, 1.807) is 13.1 Å². The number of hydrogen-bond donors (Lipinski definition) is 5. The van der Waals surface area contributed by atoms with Gasteiger partial charge >= 0.3 is 5.97 Å². The lowest BCUT2D eigenvalue weighted by Gasteiger charge is -2.28. The number of aromatic nitrogens is 1. The van der Waals surface area contributed by atoms with Gasteiger partial charge in [-0.05, 0) is 18.6 Å². The van der Waals surface area contributed by atoms with Crippen LogP contribution in [-0.2, 0) is 16.0 Å². The van der Waals surface area contributed by atoms with Crippen LogP contribution in [0.15, 0.2) is 30.5 Å². The molecule has 124 valence electrons. The number of carbonyl (C=O) groups excluding carboxylic acids is 1. The predicted molar refractivity (Wildman–Crippen MR) is 85.9 cm³/mol. The van der Waals surface area contributed by atoms with Crippen LogP contribution in [0, 0.1) is 0 Å². The van der Waals surface area contributed by atoms with Crippen molar-refractivity contribution in [3.05, 3.63) is 36.0 Å². The van der Waals surface area contributed by atoms with Crippen LogP contribution in [0.25, 0.3) is 10.9 Å². The number of amides is 1. The zero-order valence-electron chi connectivity index (χ0n) is 12.9. The van der Waals surface area contributed by atoms with Crippen LogP contribution in [0.2, 0.25) is 0 Å². The normalized spacial score (nSPS) is 15.1. The molecule has 0 aliphatic rings. The number of aliphatic carboxylic acids is 1. The van der Waals surface area contributed by atoms with E-state index in [0.29, 0.717) is 6.54 Å². The van der Waals surface area contributed by atoms with Gasteiger partial charge in [-0.2, -0.15) is 0 Å². The summed E-state index contributed by atoms with van der Waals surface area (Å²) in [7, 11) is 0. The maximum Gasteiger partial charge on any atom is 0.320 e. The Hall–Kier alpha value is -2.38. The summed E-state index contributed by atoms with van der Waals surface area (Å²) < 4.78 is 0. The Bertz CT molecular complexity index is 712. The third-order valence-electron chi connectivity index (χ3n) is 3.79. The van der Waals surface area contributed by atoms with E-state index in [4.69, 9.17) is 10.8 Å². The smallest absolute Gasteiger partial charge is 0.320 e. The number of aromatic amines is 1. The van der Waals surface area contributed by atoms with E-state index in [2.05, 4.69) is 10.3 Å². The summed E-state index contributed by atoms with van der Waals surface area (Å²) in [5, 5.41) is 23.2. The van der Waals surface area contributed by atoms with Gasteiger partial charge in [0.15, 0.2) is 0 Å². The number of benzene rings is 1. The molecule has 0 saturated heterocycles. The van der Waals surface area contributed by atoms with E-state index in [1.807, 2.05) is 24.3 Å². The average molecular weight is 319 g/mol. The van der Waals surface area contributed by atoms with Crippen molar-refractivity contribution in [2.24, 2.45) is 5.73 Å². The molecule has 0 aliphatic carbocycles. The Kier molecular flexibility index (Phi) is 5.02. The Balaban J connectivity index is 2.33. The molecule has 2 aromatic rings. The standard InChI is InChI=1S/C16H21N3O4/c1-2-18-15(22)16(23,8-12(17)14(20)21)7-10-9-19-13-6-4-3-5-11(10)13/h3-6,9,12,19,23H,2,7-8,17H2,1H3,(H,18,22)(H,20,21). The maximum absolute atomic E-state index is 12.3. The van der Waals surface area contributed by atoms with Crippen molar-refractivity contribution in [1.29, 1.82) is 0 Å². The largest absolute Gasteiger partial charge is 0.480 e. The number of fused-ring (bicyclic) bond motifs is 1. The lowest BCUT2D eigenvalue weighted by Crippen LogP contribution is -2.53. The highest BCUT2D eigenvalue weighted by molar-refractivity contribution is 5.89. The van der Waals surface area contributed by atoms with Gasteiger partial charge in [0.05, 0.1) is 0 Å². The molecule has 1 amide bonds. The second kappa shape index (κ2) is 6.80. The fraction of sp³-hybridized carbons (Fsp3) is 0.375. The summed E-state index contributed by atoms with van der Waals surface area (Å²) in [6.45, 7) is 2.05. The lowest BCUT2D eigenvalue weighted by atomic mass is 9.87. The molecule has 7 nitrogen and oxygen atoms in total. The van der Waals surface area contributed by atoms with Crippen molar-refractivity contribution in [3.8, 4) is 0 Å². The second-order valence-electron chi connectivity index (χ2n) is 5.58. The summed E-state index contributed by atoms with van der Waals surface area (Å²) in [6.07, 6.45) is 1.32. The first-order valence-electron chi connectivity index (χ1n) is 7.41. The number of H-pyrrole nitrogens is 1. The molecule has 0 fully saturated rings. The van der Waals surface area contributed by atoms with E-state index < -0.39 is 23.5 Å². The van der Waals surface area contributed by atoms with Gasteiger partial charge in [0, 0.05) is 36.5 Å². The van der Waals surface area contributed by atoms with Gasteiger partial charge in [-0.15, -0.1) is 0 Å². The van der Waals surface area contributed by atoms with Gasteiger partial charge in [0.1, 0.15) is 11.6 Å². The second-order valence-corrected chi connectivity index (χ2v) is 5.58. The molecule has 0 radical (unpaired) electrons. The lowest BCUT2D eigenvalue weighted by molar-refractivity contribution is -0.145. The highest BCUT2D eigenvalue weighted by Crippen LogP contribution is 2.25. The fourth-order valence-electron chi connectivity index (χ4n) is 2.61. The molecular formula is C16H21N3O4. The van der Waals surface area contributed by atoms with Gasteiger partial charge in [-0.3, -0.25) is 9.59 Å². The third kappa shape index (κ3) is 3.69. The van der Waals surface area contributed by atoms with Crippen LogP contribution in [0.1, 0.15) is 18.9 Å². The van der Waals surface area contributed by atoms with Crippen LogP contribution >= 0.6 is 0 Å². The summed E-state index contributed by atoms with van der Waals surface area (Å²) >= 11 is 0. The van der Waals surface area contributed by atoms with Gasteiger partial charge in [0.2, 0.25) is 0 Å². The Morgan fingerprint density at radius 2 is 2.09 bits per heavy atom. The van der Waals surface area contributed by atoms with E-state index >= 15 is 0 Å². The summed E-state index contributed by atoms with van der Waals surface area (Å²) in [5.74, 6) is -1.88. The Morgan fingerprint density at radius 1 is 1.39 bits per heavy atom. The molecule has 23 heavy (non-hydrogen) atoms. The highest BCUT2D eigenvalue weighted by atomic mass is 16.4. The van der Waals surface area contributed by atoms with Crippen LogP contribution in [0.3, 0.4) is 0 Å². The minimum absolute atomic E-state index is 0.0240. The first-order chi connectivity index (χ1) is 10.9. The SMILES string of the molecule is CCNC(=O)C(O)(Cc1c[nH]c2ccccc12)CC(N)C(=O)O. The molecule has 1 aromatic carbocycles. The molecule has 2 rings (SSSR count). The minimum Gasteiger partial charge on any atom is -0.480 e. The van der Waals surface area contributed by atoms with E-state index in [0.717, 1.165) is 16.5 Å². The molecule has 1 heterocycles. The summed E-state index contributed by atoms with van der Waals surface area (Å²) in [5.41, 5.74) is 5.25. The molecule has 1 aromatic heterocycles. The molecule has 0 bridgehead atoms. The van der Waals surface area contributed by atoms with E-state index in [-0.39, 0.29) is 12.8 Å². The molecule has 6 N–H and O–H groups in total. The quantitative estimate of drug-likeness (QED) is 0.504. The van der Waals surface area contributed by atoms with Crippen LogP contribution in [0.4, 0.5) is 0 Å². The number of nitrogens with one attached hydrogen (secondary N) is 2. The van der Waals surface area contributed by atoms with E-state index in [9.17, 15) is 14.7 Å². The number of likely N-dealkylation sites (N-methyl/N-ethyl adjacent to an activating group) is 1. The Labute approximate surface area is 133 Å². The first kappa shape index (κ1) is 17.0. The molecular weight excluding hydrogens is 298 g/mol. The molecule has 0 saturated carbocycles. The minimum atomic E-state index is -1.89. The molecule has 2 unspecified atom stereocenters. The van der Waals surface area contributed by atoms with Gasteiger partial charge in [0.25, 0.3) is 5.91 Å². The van der Waals surface area contributed by atoms with Crippen molar-refractivity contribution in [2.75, 3.05) is 6.54 Å². The maximum atomic E-state index is 12.3. The van der Waals surface area contributed by atoms with Crippen molar-refractivity contribution >= 4 is 22.8 Å². The molecule has 0 spiro atoms. The van der Waals surface area contributed by atoms with Crippen LogP contribution in [-0.4, -0.2) is 45.3 Å². The fourth-order valence-corrected chi connectivity index (χ4v) is 2.61. The van der Waals surface area contributed by atoms with Gasteiger partial charge in [-0.25, -0.2) is 0 Å². The van der Waals surface area contributed by atoms with Crippen molar-refractivity contribution in [1.82, 2.24) is 10.3 Å². The number of rotatable bonds is 7. The number of hydrogen-bond acceptors (Lipinski definition) is 4. The Morgan fingerprint density at radius 3 is 2.74 bits per heavy atom.